The molecule has 2 fully saturated rings. The third-order valence-corrected chi connectivity index (χ3v) is 5.56. The zero-order chi connectivity index (χ0) is 20.6. The number of nitrogens with one attached hydrogen (secondary N) is 2. The second kappa shape index (κ2) is 10.7. The van der Waals surface area contributed by atoms with Crippen molar-refractivity contribution in [3.05, 3.63) is 35.6 Å². The topological polar surface area (TPSA) is 90.9 Å². The molecule has 0 unspecified atom stereocenters. The van der Waals surface area contributed by atoms with E-state index in [-0.39, 0.29) is 36.6 Å². The first-order chi connectivity index (χ1) is 14.0. The summed E-state index contributed by atoms with van der Waals surface area (Å²) in [7, 11) is 0. The number of carbonyl (C=O) groups is 2. The van der Waals surface area contributed by atoms with Gasteiger partial charge in [-0.2, -0.15) is 0 Å². The minimum atomic E-state index is -0.594. The normalized spacial score (nSPS) is 25.0. The van der Waals surface area contributed by atoms with Crippen LogP contribution in [0, 0.1) is 5.82 Å². The Morgan fingerprint density at radius 2 is 2.03 bits per heavy atom. The fraction of sp³-hybridized carbons (Fsp3) is 0.619. The lowest BCUT2D eigenvalue weighted by molar-refractivity contribution is -0.130. The van der Waals surface area contributed by atoms with Gasteiger partial charge in [-0.1, -0.05) is 6.07 Å². The van der Waals surface area contributed by atoms with Crippen LogP contribution >= 0.6 is 0 Å². The summed E-state index contributed by atoms with van der Waals surface area (Å²) in [6.45, 7) is 3.43. The number of likely N-dealkylation sites (tertiary alicyclic amines) is 1. The molecule has 2 saturated heterocycles. The predicted molar refractivity (Wildman–Crippen MR) is 106 cm³/mol. The monoisotopic (exact) mass is 407 g/mol. The first-order valence-corrected chi connectivity index (χ1v) is 10.4. The maximum atomic E-state index is 13.3. The largest absolute Gasteiger partial charge is 0.394 e. The number of aliphatic hydroxyl groups is 1. The van der Waals surface area contributed by atoms with Crippen molar-refractivity contribution in [3.63, 3.8) is 0 Å². The number of rotatable bonds is 8. The highest BCUT2D eigenvalue weighted by Crippen LogP contribution is 2.22. The Balaban J connectivity index is 1.42. The van der Waals surface area contributed by atoms with E-state index in [9.17, 15) is 19.1 Å². The maximum absolute atomic E-state index is 13.3. The molecule has 0 saturated carbocycles. The highest BCUT2D eigenvalue weighted by molar-refractivity contribution is 5.94. The van der Waals surface area contributed by atoms with Gasteiger partial charge in [0, 0.05) is 18.7 Å². The van der Waals surface area contributed by atoms with Gasteiger partial charge < -0.3 is 25.4 Å². The second-order valence-electron chi connectivity index (χ2n) is 7.75. The van der Waals surface area contributed by atoms with Gasteiger partial charge in [0.2, 0.25) is 5.91 Å². The van der Waals surface area contributed by atoms with E-state index in [1.807, 2.05) is 0 Å². The molecule has 2 heterocycles. The van der Waals surface area contributed by atoms with Crippen molar-refractivity contribution >= 4 is 11.8 Å². The van der Waals surface area contributed by atoms with Gasteiger partial charge in [0.05, 0.1) is 25.2 Å². The number of hydrogen-bond donors (Lipinski definition) is 3. The molecule has 0 aromatic heterocycles. The Kier molecular flexibility index (Phi) is 7.97. The van der Waals surface area contributed by atoms with E-state index in [1.165, 1.54) is 37.1 Å². The van der Waals surface area contributed by atoms with Gasteiger partial charge in [0.25, 0.3) is 5.91 Å². The molecule has 8 heteroatoms. The first kappa shape index (κ1) is 21.7. The zero-order valence-electron chi connectivity index (χ0n) is 16.6. The summed E-state index contributed by atoms with van der Waals surface area (Å²) in [5.74, 6) is -0.949. The molecule has 0 radical (unpaired) electrons. The molecule has 1 aromatic carbocycles. The molecular weight excluding hydrogens is 377 g/mol. The van der Waals surface area contributed by atoms with Crippen LogP contribution in [0.3, 0.4) is 0 Å². The van der Waals surface area contributed by atoms with Crippen molar-refractivity contribution in [2.45, 2.75) is 50.4 Å². The van der Waals surface area contributed by atoms with E-state index in [1.54, 1.807) is 0 Å². The number of benzene rings is 1. The summed E-state index contributed by atoms with van der Waals surface area (Å²) in [5.41, 5.74) is 0.223. The summed E-state index contributed by atoms with van der Waals surface area (Å²) >= 11 is 0. The molecular formula is C21H30FN3O4. The molecule has 2 amide bonds. The van der Waals surface area contributed by atoms with E-state index in [4.69, 9.17) is 4.74 Å². The number of carbonyl (C=O) groups excluding carboxylic acids is 2. The van der Waals surface area contributed by atoms with Crippen LogP contribution in [-0.2, 0) is 9.53 Å². The molecule has 29 heavy (non-hydrogen) atoms. The lowest BCUT2D eigenvalue weighted by atomic mass is 9.96. The lowest BCUT2D eigenvalue weighted by Gasteiger charge is -2.36. The Morgan fingerprint density at radius 3 is 2.76 bits per heavy atom. The summed E-state index contributed by atoms with van der Waals surface area (Å²) < 4.78 is 19.2. The summed E-state index contributed by atoms with van der Waals surface area (Å²) in [6, 6.07) is 5.07. The quantitative estimate of drug-likeness (QED) is 0.600. The Bertz CT molecular complexity index is 696. The van der Waals surface area contributed by atoms with Crippen LogP contribution in [0.1, 0.15) is 42.5 Å². The van der Waals surface area contributed by atoms with Gasteiger partial charge in [-0.05, 0) is 57.0 Å². The van der Waals surface area contributed by atoms with Gasteiger partial charge in [0.15, 0.2) is 0 Å². The van der Waals surface area contributed by atoms with Gasteiger partial charge >= 0.3 is 0 Å². The molecule has 0 bridgehead atoms. The van der Waals surface area contributed by atoms with Crippen molar-refractivity contribution in [2.24, 2.45) is 0 Å². The van der Waals surface area contributed by atoms with E-state index < -0.39 is 17.8 Å². The Labute approximate surface area is 170 Å². The summed E-state index contributed by atoms with van der Waals surface area (Å²) in [6.07, 6.45) is 2.99. The number of halogens is 1. The highest BCUT2D eigenvalue weighted by Gasteiger charge is 2.33. The SMILES string of the molecule is O=C(C[C@H]1CC[C@H](NC(=O)c2cccc(F)c2)[C@H](CO)O1)NCCN1CCCC1. The number of ether oxygens (including phenoxy) is 1. The first-order valence-electron chi connectivity index (χ1n) is 10.4. The molecule has 1 aromatic rings. The smallest absolute Gasteiger partial charge is 0.251 e. The standard InChI is InChI=1S/C21H30FN3O4/c22-16-5-3-4-15(12-16)21(28)24-18-7-6-17(29-19(18)14-26)13-20(27)23-8-11-25-9-1-2-10-25/h3-5,12,17-19,26H,1-2,6-11,13-14H2,(H,23,27)(H,24,28)/t17-,18+,19+/m1/s1. The molecule has 7 nitrogen and oxygen atoms in total. The molecule has 0 spiro atoms. The molecule has 160 valence electrons. The van der Waals surface area contributed by atoms with Crippen molar-refractivity contribution < 1.29 is 23.8 Å². The summed E-state index contributed by atoms with van der Waals surface area (Å²) in [5, 5.41) is 15.4. The third kappa shape index (κ3) is 6.48. The predicted octanol–water partition coefficient (Wildman–Crippen LogP) is 1.07. The molecule has 3 atom stereocenters. The van der Waals surface area contributed by atoms with Crippen LogP contribution in [0.15, 0.2) is 24.3 Å². The van der Waals surface area contributed by atoms with Crippen molar-refractivity contribution in [3.8, 4) is 0 Å². The Hall–Kier alpha value is -2.03. The van der Waals surface area contributed by atoms with Crippen LogP contribution in [0.4, 0.5) is 4.39 Å². The molecule has 2 aliphatic heterocycles. The molecule has 0 aliphatic carbocycles. The van der Waals surface area contributed by atoms with Crippen LogP contribution < -0.4 is 10.6 Å². The number of aliphatic hydroxyl groups excluding tert-OH is 1. The summed E-state index contributed by atoms with van der Waals surface area (Å²) in [4.78, 5) is 26.8. The zero-order valence-corrected chi connectivity index (χ0v) is 16.6. The van der Waals surface area contributed by atoms with Crippen LogP contribution in [-0.4, -0.2) is 72.9 Å². The van der Waals surface area contributed by atoms with Gasteiger partial charge in [-0.25, -0.2) is 4.39 Å². The van der Waals surface area contributed by atoms with E-state index >= 15 is 0 Å². The van der Waals surface area contributed by atoms with Crippen LogP contribution in [0.25, 0.3) is 0 Å². The third-order valence-electron chi connectivity index (χ3n) is 5.56. The number of amides is 2. The van der Waals surface area contributed by atoms with Crippen LogP contribution in [0.2, 0.25) is 0 Å². The highest BCUT2D eigenvalue weighted by atomic mass is 19.1. The van der Waals surface area contributed by atoms with Crippen LogP contribution in [0.5, 0.6) is 0 Å². The Morgan fingerprint density at radius 1 is 1.24 bits per heavy atom. The molecule has 3 rings (SSSR count). The molecule has 2 aliphatic rings. The van der Waals surface area contributed by atoms with E-state index in [2.05, 4.69) is 15.5 Å². The van der Waals surface area contributed by atoms with Crippen molar-refractivity contribution in [1.29, 1.82) is 0 Å². The van der Waals surface area contributed by atoms with E-state index in [0.29, 0.717) is 19.4 Å². The average molecular weight is 407 g/mol. The van der Waals surface area contributed by atoms with Gasteiger partial charge in [-0.3, -0.25) is 9.59 Å². The fourth-order valence-corrected chi connectivity index (χ4v) is 3.97. The second-order valence-corrected chi connectivity index (χ2v) is 7.75. The van der Waals surface area contributed by atoms with Gasteiger partial charge in [0.1, 0.15) is 11.9 Å². The van der Waals surface area contributed by atoms with Crippen molar-refractivity contribution in [2.75, 3.05) is 32.8 Å². The number of nitrogens with zero attached hydrogens (tertiary/aromatic N) is 1. The molecule has 3 N–H and O–H groups in total. The van der Waals surface area contributed by atoms with E-state index in [0.717, 1.165) is 19.6 Å². The van der Waals surface area contributed by atoms with Gasteiger partial charge in [-0.15, -0.1) is 0 Å². The average Bonchev–Trinajstić information content (AvgIpc) is 3.22. The number of hydrogen-bond acceptors (Lipinski definition) is 5. The lowest BCUT2D eigenvalue weighted by Crippen LogP contribution is -2.51. The maximum Gasteiger partial charge on any atom is 0.251 e. The van der Waals surface area contributed by atoms with Crippen molar-refractivity contribution in [1.82, 2.24) is 15.5 Å². The fourth-order valence-electron chi connectivity index (χ4n) is 3.97. The minimum Gasteiger partial charge on any atom is -0.394 e. The minimum absolute atomic E-state index is 0.0619.